The number of aryl methyl sites for hydroxylation is 2. The molecule has 0 unspecified atom stereocenters. The molecule has 0 saturated carbocycles. The number of aromatic nitrogens is 2. The van der Waals surface area contributed by atoms with E-state index in [0.717, 1.165) is 50.7 Å². The number of carbonyl (C=O) groups is 1. The highest BCUT2D eigenvalue weighted by Gasteiger charge is 2.25. The summed E-state index contributed by atoms with van der Waals surface area (Å²) >= 11 is 0. The Balaban J connectivity index is 1.25. The molecule has 0 aliphatic carbocycles. The zero-order chi connectivity index (χ0) is 19.3. The first-order valence-electron chi connectivity index (χ1n) is 10.1. The minimum Gasteiger partial charge on any atom is -0.459 e. The first-order valence-corrected chi connectivity index (χ1v) is 10.1. The van der Waals surface area contributed by atoms with Gasteiger partial charge in [-0.15, -0.1) is 0 Å². The maximum atomic E-state index is 12.4. The average Bonchev–Trinajstić information content (AvgIpc) is 3.40. The van der Waals surface area contributed by atoms with E-state index in [1.54, 1.807) is 19.2 Å². The Kier molecular flexibility index (Phi) is 5.64. The highest BCUT2D eigenvalue weighted by Crippen LogP contribution is 2.14. The fraction of sp³-hybridized carbons (Fsp3) is 0.550. The smallest absolute Gasteiger partial charge is 0.289 e. The monoisotopic (exact) mass is 384 g/mol. The summed E-state index contributed by atoms with van der Waals surface area (Å²) in [7, 11) is 1.80. The van der Waals surface area contributed by atoms with Crippen molar-refractivity contribution in [1.29, 1.82) is 0 Å². The molecule has 0 bridgehead atoms. The topological polar surface area (TPSA) is 78.9 Å². The number of hydrogen-bond acceptors (Lipinski definition) is 4. The fourth-order valence-corrected chi connectivity index (χ4v) is 3.90. The first-order chi connectivity index (χ1) is 13.7. The van der Waals surface area contributed by atoms with Gasteiger partial charge in [-0.3, -0.25) is 9.79 Å². The molecule has 8 heteroatoms. The van der Waals surface area contributed by atoms with Crippen molar-refractivity contribution < 1.29 is 9.21 Å². The van der Waals surface area contributed by atoms with Crippen molar-refractivity contribution in [3.05, 3.63) is 41.9 Å². The summed E-state index contributed by atoms with van der Waals surface area (Å²) < 4.78 is 7.52. The van der Waals surface area contributed by atoms with E-state index in [2.05, 4.69) is 26.0 Å². The largest absolute Gasteiger partial charge is 0.459 e. The number of hydrogen-bond donors (Lipinski definition) is 1. The van der Waals surface area contributed by atoms with Gasteiger partial charge in [0, 0.05) is 65.4 Å². The van der Waals surface area contributed by atoms with E-state index in [-0.39, 0.29) is 5.91 Å². The zero-order valence-electron chi connectivity index (χ0n) is 16.4. The van der Waals surface area contributed by atoms with E-state index in [9.17, 15) is 4.79 Å². The van der Waals surface area contributed by atoms with Crippen LogP contribution in [0.1, 0.15) is 34.9 Å². The van der Waals surface area contributed by atoms with Crippen LogP contribution in [-0.2, 0) is 19.4 Å². The third-order valence-corrected chi connectivity index (χ3v) is 5.43. The lowest BCUT2D eigenvalue weighted by atomic mass is 10.2. The summed E-state index contributed by atoms with van der Waals surface area (Å²) in [6.45, 7) is 4.73. The number of nitrogens with zero attached hydrogens (tertiary/aromatic N) is 5. The molecule has 1 saturated heterocycles. The summed E-state index contributed by atoms with van der Waals surface area (Å²) in [4.78, 5) is 25.6. The summed E-state index contributed by atoms with van der Waals surface area (Å²) in [5.41, 5.74) is 1.15. The molecule has 0 radical (unpaired) electrons. The van der Waals surface area contributed by atoms with Crippen molar-refractivity contribution in [1.82, 2.24) is 24.7 Å². The fourth-order valence-electron chi connectivity index (χ4n) is 3.90. The van der Waals surface area contributed by atoms with Gasteiger partial charge in [-0.25, -0.2) is 4.98 Å². The summed E-state index contributed by atoms with van der Waals surface area (Å²) in [6, 6.07) is 3.45. The quantitative estimate of drug-likeness (QED) is 0.637. The molecular weight excluding hydrogens is 356 g/mol. The van der Waals surface area contributed by atoms with Gasteiger partial charge in [0.1, 0.15) is 5.82 Å². The predicted octanol–water partition coefficient (Wildman–Crippen LogP) is 1.39. The van der Waals surface area contributed by atoms with Crippen LogP contribution in [0.15, 0.2) is 34.0 Å². The number of amides is 1. The number of piperazine rings is 1. The Morgan fingerprint density at radius 1 is 1.21 bits per heavy atom. The maximum absolute atomic E-state index is 12.4. The van der Waals surface area contributed by atoms with E-state index in [4.69, 9.17) is 9.40 Å². The molecule has 1 N–H and O–H groups in total. The number of guanidine groups is 1. The molecule has 0 spiro atoms. The number of furan rings is 1. The lowest BCUT2D eigenvalue weighted by Gasteiger charge is -2.36. The van der Waals surface area contributed by atoms with Gasteiger partial charge in [0.2, 0.25) is 0 Å². The molecule has 0 atom stereocenters. The SMILES string of the molecule is CN=C(NCCc1cn2c(n1)CCCC2)N1CCN(C(=O)c2ccco2)CC1. The molecule has 0 aromatic carbocycles. The summed E-state index contributed by atoms with van der Waals surface area (Å²) in [5, 5.41) is 3.44. The first kappa shape index (κ1) is 18.6. The van der Waals surface area contributed by atoms with Crippen molar-refractivity contribution in [3.63, 3.8) is 0 Å². The van der Waals surface area contributed by atoms with E-state index >= 15 is 0 Å². The third-order valence-electron chi connectivity index (χ3n) is 5.43. The Bertz CT molecular complexity index is 794. The highest BCUT2D eigenvalue weighted by atomic mass is 16.3. The van der Waals surface area contributed by atoms with Gasteiger partial charge in [-0.1, -0.05) is 0 Å². The number of fused-ring (bicyclic) bond motifs is 1. The van der Waals surface area contributed by atoms with Crippen molar-refractivity contribution in [2.24, 2.45) is 4.99 Å². The van der Waals surface area contributed by atoms with Crippen molar-refractivity contribution >= 4 is 11.9 Å². The van der Waals surface area contributed by atoms with Crippen LogP contribution in [0.2, 0.25) is 0 Å². The molecule has 150 valence electrons. The lowest BCUT2D eigenvalue weighted by molar-refractivity contribution is 0.0658. The van der Waals surface area contributed by atoms with Gasteiger partial charge < -0.3 is 24.1 Å². The van der Waals surface area contributed by atoms with Crippen LogP contribution >= 0.6 is 0 Å². The molecule has 2 aromatic heterocycles. The van der Waals surface area contributed by atoms with Crippen LogP contribution in [0.25, 0.3) is 0 Å². The molecule has 4 heterocycles. The van der Waals surface area contributed by atoms with Gasteiger partial charge in [-0.05, 0) is 25.0 Å². The minimum atomic E-state index is -0.0451. The molecule has 1 amide bonds. The standard InChI is InChI=1S/C20H28N6O2/c1-21-20(22-8-7-16-15-26-9-3-2-6-18(26)23-16)25-12-10-24(11-13-25)19(27)17-5-4-14-28-17/h4-5,14-15H,2-3,6-13H2,1H3,(H,21,22). The second kappa shape index (κ2) is 8.50. The maximum Gasteiger partial charge on any atom is 0.289 e. The van der Waals surface area contributed by atoms with Crippen LogP contribution in [0.3, 0.4) is 0 Å². The summed E-state index contributed by atoms with van der Waals surface area (Å²) in [5.74, 6) is 2.46. The molecule has 2 aliphatic heterocycles. The van der Waals surface area contributed by atoms with Crippen LogP contribution in [-0.4, -0.2) is 71.0 Å². The van der Waals surface area contributed by atoms with Crippen LogP contribution in [0.4, 0.5) is 0 Å². The van der Waals surface area contributed by atoms with Gasteiger partial charge in [0.15, 0.2) is 11.7 Å². The second-order valence-electron chi connectivity index (χ2n) is 7.28. The van der Waals surface area contributed by atoms with Gasteiger partial charge in [0.05, 0.1) is 12.0 Å². The Hall–Kier alpha value is -2.77. The van der Waals surface area contributed by atoms with Gasteiger partial charge in [0.25, 0.3) is 5.91 Å². The van der Waals surface area contributed by atoms with Crippen LogP contribution in [0, 0.1) is 0 Å². The molecule has 2 aliphatic rings. The molecule has 1 fully saturated rings. The van der Waals surface area contributed by atoms with Crippen molar-refractivity contribution in [3.8, 4) is 0 Å². The average molecular weight is 384 g/mol. The number of carbonyl (C=O) groups excluding carboxylic acids is 1. The molecule has 8 nitrogen and oxygen atoms in total. The predicted molar refractivity (Wildman–Crippen MR) is 106 cm³/mol. The lowest BCUT2D eigenvalue weighted by Crippen LogP contribution is -2.54. The normalized spacial score (nSPS) is 17.5. The van der Waals surface area contributed by atoms with E-state index in [1.165, 1.54) is 24.9 Å². The van der Waals surface area contributed by atoms with Crippen LogP contribution < -0.4 is 5.32 Å². The summed E-state index contributed by atoms with van der Waals surface area (Å²) in [6.07, 6.45) is 8.20. The Morgan fingerprint density at radius 2 is 2.04 bits per heavy atom. The second-order valence-corrected chi connectivity index (χ2v) is 7.28. The Labute approximate surface area is 165 Å². The van der Waals surface area contributed by atoms with E-state index in [1.807, 2.05) is 4.90 Å². The minimum absolute atomic E-state index is 0.0451. The number of rotatable bonds is 4. The van der Waals surface area contributed by atoms with E-state index in [0.29, 0.717) is 18.8 Å². The molecular formula is C20H28N6O2. The van der Waals surface area contributed by atoms with Gasteiger partial charge in [-0.2, -0.15) is 0 Å². The van der Waals surface area contributed by atoms with Gasteiger partial charge >= 0.3 is 0 Å². The Morgan fingerprint density at radius 3 is 2.75 bits per heavy atom. The molecule has 4 rings (SSSR count). The number of imidazole rings is 1. The molecule has 28 heavy (non-hydrogen) atoms. The van der Waals surface area contributed by atoms with Crippen LogP contribution in [0.5, 0.6) is 0 Å². The highest BCUT2D eigenvalue weighted by molar-refractivity contribution is 5.91. The number of aliphatic imine (C=N–C) groups is 1. The van der Waals surface area contributed by atoms with Crippen molar-refractivity contribution in [2.75, 3.05) is 39.8 Å². The van der Waals surface area contributed by atoms with E-state index < -0.39 is 0 Å². The number of nitrogens with one attached hydrogen (secondary N) is 1. The molecule has 2 aromatic rings. The van der Waals surface area contributed by atoms with Crippen molar-refractivity contribution in [2.45, 2.75) is 32.2 Å². The zero-order valence-corrected chi connectivity index (χ0v) is 16.4. The third kappa shape index (κ3) is 4.05.